The second kappa shape index (κ2) is 7.28. The number of hydrogen-bond acceptors (Lipinski definition) is 4. The Kier molecular flexibility index (Phi) is 4.43. The van der Waals surface area contributed by atoms with Gasteiger partial charge in [0.25, 0.3) is 0 Å². The topological polar surface area (TPSA) is 81.5 Å². The molecule has 1 amide bonds. The molecule has 0 aliphatic heterocycles. The Balaban J connectivity index is 1.43. The largest absolute Gasteiger partial charge is 0.420 e. The summed E-state index contributed by atoms with van der Waals surface area (Å²) >= 11 is 0. The van der Waals surface area contributed by atoms with Crippen molar-refractivity contribution in [2.75, 3.05) is 5.32 Å². The fourth-order valence-corrected chi connectivity index (χ4v) is 3.71. The summed E-state index contributed by atoms with van der Waals surface area (Å²) < 4.78 is 8.52. The predicted molar refractivity (Wildman–Crippen MR) is 119 cm³/mol. The van der Waals surface area contributed by atoms with Gasteiger partial charge in [0.2, 0.25) is 5.91 Å². The van der Waals surface area contributed by atoms with Gasteiger partial charge in [-0.3, -0.25) is 9.36 Å². The summed E-state index contributed by atoms with van der Waals surface area (Å²) in [6.07, 6.45) is 3.93. The van der Waals surface area contributed by atoms with E-state index in [0.717, 1.165) is 28.0 Å². The highest BCUT2D eigenvalue weighted by molar-refractivity contribution is 5.93. The van der Waals surface area contributed by atoms with Crippen molar-refractivity contribution >= 4 is 28.3 Å². The Bertz CT molecular complexity index is 1510. The maximum Gasteiger partial charge on any atom is 0.420 e. The average molecular weight is 412 g/mol. The summed E-state index contributed by atoms with van der Waals surface area (Å²) in [6, 6.07) is 16.9. The highest BCUT2D eigenvalue weighted by Gasteiger charge is 2.14. The lowest BCUT2D eigenvalue weighted by Gasteiger charge is -2.10. The van der Waals surface area contributed by atoms with E-state index >= 15 is 0 Å². The number of imidazole rings is 1. The molecule has 0 saturated carbocycles. The second-order valence-corrected chi connectivity index (χ2v) is 7.55. The molecule has 0 fully saturated rings. The molecule has 0 radical (unpaired) electrons. The highest BCUT2D eigenvalue weighted by Crippen LogP contribution is 2.26. The maximum atomic E-state index is 12.7. The first-order chi connectivity index (χ1) is 15.0. The number of aromatic nitrogens is 3. The van der Waals surface area contributed by atoms with Crippen LogP contribution in [0, 0.1) is 13.8 Å². The molecule has 0 bridgehead atoms. The van der Waals surface area contributed by atoms with Gasteiger partial charge in [-0.15, -0.1) is 0 Å². The number of carbonyl (C=O) groups is 1. The zero-order valence-electron chi connectivity index (χ0n) is 17.1. The number of amides is 1. The lowest BCUT2D eigenvalue weighted by molar-refractivity contribution is -0.116. The highest BCUT2D eigenvalue weighted by atomic mass is 16.4. The van der Waals surface area contributed by atoms with Crippen molar-refractivity contribution in [3.8, 4) is 11.3 Å². The van der Waals surface area contributed by atoms with E-state index < -0.39 is 5.76 Å². The minimum atomic E-state index is -0.554. The van der Waals surface area contributed by atoms with Gasteiger partial charge in [-0.05, 0) is 49.2 Å². The second-order valence-electron chi connectivity index (χ2n) is 7.55. The van der Waals surface area contributed by atoms with E-state index in [1.165, 1.54) is 4.57 Å². The van der Waals surface area contributed by atoms with Crippen molar-refractivity contribution in [1.29, 1.82) is 0 Å². The van der Waals surface area contributed by atoms with E-state index in [-0.39, 0.29) is 12.5 Å². The fraction of sp³-hybridized carbons (Fsp3) is 0.125. The average Bonchev–Trinajstić information content (AvgIpc) is 3.32. The van der Waals surface area contributed by atoms with Gasteiger partial charge in [0.15, 0.2) is 5.58 Å². The van der Waals surface area contributed by atoms with E-state index in [9.17, 15) is 9.59 Å². The number of anilines is 1. The zero-order valence-corrected chi connectivity index (χ0v) is 17.1. The number of hydrogen-bond donors (Lipinski definition) is 1. The number of nitrogens with zero attached hydrogens (tertiary/aromatic N) is 3. The van der Waals surface area contributed by atoms with Crippen molar-refractivity contribution in [3.05, 3.63) is 88.7 Å². The summed E-state index contributed by atoms with van der Waals surface area (Å²) in [4.78, 5) is 29.6. The lowest BCUT2D eigenvalue weighted by Crippen LogP contribution is -2.25. The van der Waals surface area contributed by atoms with Gasteiger partial charge < -0.3 is 14.1 Å². The van der Waals surface area contributed by atoms with Crippen LogP contribution in [-0.2, 0) is 11.3 Å². The monoisotopic (exact) mass is 412 g/mol. The van der Waals surface area contributed by atoms with E-state index in [0.29, 0.717) is 16.8 Å². The molecule has 3 heterocycles. The molecule has 0 unspecified atom stereocenters. The quantitative estimate of drug-likeness (QED) is 0.480. The summed E-state index contributed by atoms with van der Waals surface area (Å²) in [5, 5.41) is 2.92. The molecular formula is C24H20N4O3. The van der Waals surface area contributed by atoms with Crippen LogP contribution in [0.2, 0.25) is 0 Å². The Hall–Kier alpha value is -4.13. The maximum absolute atomic E-state index is 12.7. The van der Waals surface area contributed by atoms with E-state index in [2.05, 4.69) is 5.32 Å². The summed E-state index contributed by atoms with van der Waals surface area (Å²) in [5.41, 5.74) is 6.35. The van der Waals surface area contributed by atoms with Crippen molar-refractivity contribution in [1.82, 2.24) is 14.0 Å². The SMILES string of the molecule is Cc1ccc(-c2cn3cccc(C)c3n2)cc1NC(=O)Cn1c(=O)oc2ccccc21. The molecule has 31 heavy (non-hydrogen) atoms. The minimum Gasteiger partial charge on any atom is -0.408 e. The van der Waals surface area contributed by atoms with Gasteiger partial charge in [-0.1, -0.05) is 30.3 Å². The van der Waals surface area contributed by atoms with Crippen molar-refractivity contribution in [2.24, 2.45) is 0 Å². The van der Waals surface area contributed by atoms with Gasteiger partial charge in [0.05, 0.1) is 11.2 Å². The Morgan fingerprint density at radius 1 is 1.06 bits per heavy atom. The summed E-state index contributed by atoms with van der Waals surface area (Å²) in [5.74, 6) is -0.860. The summed E-state index contributed by atoms with van der Waals surface area (Å²) in [6.45, 7) is 3.81. The Morgan fingerprint density at radius 2 is 1.90 bits per heavy atom. The molecule has 0 saturated heterocycles. The Labute approximate surface area is 177 Å². The van der Waals surface area contributed by atoms with E-state index in [1.807, 2.05) is 61.0 Å². The Morgan fingerprint density at radius 3 is 2.74 bits per heavy atom. The number of pyridine rings is 1. The van der Waals surface area contributed by atoms with Crippen molar-refractivity contribution in [2.45, 2.75) is 20.4 Å². The molecule has 5 rings (SSSR count). The third-order valence-electron chi connectivity index (χ3n) is 5.36. The molecule has 154 valence electrons. The smallest absolute Gasteiger partial charge is 0.408 e. The number of rotatable bonds is 4. The first kappa shape index (κ1) is 18.9. The molecule has 0 spiro atoms. The first-order valence-electron chi connectivity index (χ1n) is 9.93. The van der Waals surface area contributed by atoms with Gasteiger partial charge in [-0.25, -0.2) is 9.78 Å². The van der Waals surface area contributed by atoms with E-state index in [1.54, 1.807) is 24.3 Å². The van der Waals surface area contributed by atoms with Crippen LogP contribution < -0.4 is 11.1 Å². The predicted octanol–water partition coefficient (Wildman–Crippen LogP) is 4.16. The molecule has 3 aromatic heterocycles. The fourth-order valence-electron chi connectivity index (χ4n) is 3.71. The van der Waals surface area contributed by atoms with Crippen LogP contribution in [0.5, 0.6) is 0 Å². The van der Waals surface area contributed by atoms with Crippen LogP contribution in [0.15, 0.2) is 76.2 Å². The molecule has 2 aromatic carbocycles. The molecule has 5 aromatic rings. The normalized spacial score (nSPS) is 11.3. The van der Waals surface area contributed by atoms with Crippen LogP contribution in [0.25, 0.3) is 28.0 Å². The molecule has 0 atom stereocenters. The number of oxazole rings is 1. The summed E-state index contributed by atoms with van der Waals surface area (Å²) in [7, 11) is 0. The van der Waals surface area contributed by atoms with Crippen LogP contribution >= 0.6 is 0 Å². The molecule has 0 aliphatic carbocycles. The third kappa shape index (κ3) is 3.40. The van der Waals surface area contributed by atoms with Gasteiger partial charge in [0.1, 0.15) is 12.2 Å². The third-order valence-corrected chi connectivity index (χ3v) is 5.36. The van der Waals surface area contributed by atoms with Crippen LogP contribution in [0.3, 0.4) is 0 Å². The molecular weight excluding hydrogens is 392 g/mol. The molecule has 7 nitrogen and oxygen atoms in total. The standard InChI is InChI=1S/C24H20N4O3/c1-15-9-10-17(19-13-27-11-5-6-16(2)23(27)26-19)12-18(15)25-22(29)14-28-20-7-3-4-8-21(20)31-24(28)30/h3-13H,14H2,1-2H3,(H,25,29). The number of fused-ring (bicyclic) bond motifs is 2. The van der Waals surface area contributed by atoms with Gasteiger partial charge in [-0.2, -0.15) is 0 Å². The molecule has 7 heteroatoms. The number of benzene rings is 2. The van der Waals surface area contributed by atoms with Crippen LogP contribution in [0.1, 0.15) is 11.1 Å². The minimum absolute atomic E-state index is 0.132. The van der Waals surface area contributed by atoms with Gasteiger partial charge in [0, 0.05) is 23.6 Å². The van der Waals surface area contributed by atoms with E-state index in [4.69, 9.17) is 9.40 Å². The zero-order chi connectivity index (χ0) is 21.5. The lowest BCUT2D eigenvalue weighted by atomic mass is 10.1. The van der Waals surface area contributed by atoms with Crippen molar-refractivity contribution < 1.29 is 9.21 Å². The molecule has 1 N–H and O–H groups in total. The van der Waals surface area contributed by atoms with Crippen LogP contribution in [-0.4, -0.2) is 19.9 Å². The van der Waals surface area contributed by atoms with Crippen LogP contribution in [0.4, 0.5) is 5.69 Å². The van der Waals surface area contributed by atoms with Gasteiger partial charge >= 0.3 is 5.76 Å². The van der Waals surface area contributed by atoms with Crippen molar-refractivity contribution in [3.63, 3.8) is 0 Å². The molecule has 0 aliphatic rings. The number of nitrogens with one attached hydrogen (secondary N) is 1. The first-order valence-corrected chi connectivity index (χ1v) is 9.93. The number of para-hydroxylation sites is 2. The number of aryl methyl sites for hydroxylation is 2. The number of carbonyl (C=O) groups excluding carboxylic acids is 1.